The Morgan fingerprint density at radius 1 is 1.12 bits per heavy atom. The Morgan fingerprint density at radius 3 is 2.65 bits per heavy atom. The molecule has 0 aliphatic carbocycles. The summed E-state index contributed by atoms with van der Waals surface area (Å²) in [4.78, 5) is 1.25. The van der Waals surface area contributed by atoms with Gasteiger partial charge in [0.2, 0.25) is 0 Å². The summed E-state index contributed by atoms with van der Waals surface area (Å²) in [7, 11) is 0. The molecule has 2 N–H and O–H groups in total. The Kier molecular flexibility index (Phi) is 4.59. The van der Waals surface area contributed by atoms with Gasteiger partial charge in [-0.25, -0.2) is 0 Å². The van der Waals surface area contributed by atoms with E-state index >= 15 is 0 Å². The van der Waals surface area contributed by atoms with Gasteiger partial charge in [0.25, 0.3) is 0 Å². The normalized spacial score (nSPS) is 12.3. The molecule has 3 heteroatoms. The fourth-order valence-corrected chi connectivity index (χ4v) is 2.42. The lowest BCUT2D eigenvalue weighted by atomic mass is 10.1. The molecule has 0 fully saturated rings. The van der Waals surface area contributed by atoms with Gasteiger partial charge in [-0.05, 0) is 36.4 Å². The SMILES string of the molecule is NC(CCCOc1ccccc1)c1cccs1. The van der Waals surface area contributed by atoms with Crippen molar-refractivity contribution in [2.75, 3.05) is 6.61 Å². The minimum Gasteiger partial charge on any atom is -0.494 e. The summed E-state index contributed by atoms with van der Waals surface area (Å²) in [5.74, 6) is 0.928. The molecule has 1 atom stereocenters. The average molecular weight is 247 g/mol. The summed E-state index contributed by atoms with van der Waals surface area (Å²) >= 11 is 1.72. The van der Waals surface area contributed by atoms with E-state index < -0.39 is 0 Å². The van der Waals surface area contributed by atoms with E-state index in [0.29, 0.717) is 0 Å². The third kappa shape index (κ3) is 3.88. The van der Waals surface area contributed by atoms with E-state index in [4.69, 9.17) is 10.5 Å². The van der Waals surface area contributed by atoms with Crippen molar-refractivity contribution in [1.29, 1.82) is 0 Å². The lowest BCUT2D eigenvalue weighted by Crippen LogP contribution is -2.10. The molecular weight excluding hydrogens is 230 g/mol. The van der Waals surface area contributed by atoms with Gasteiger partial charge in [-0.1, -0.05) is 24.3 Å². The third-order valence-electron chi connectivity index (χ3n) is 2.58. The second kappa shape index (κ2) is 6.42. The lowest BCUT2D eigenvalue weighted by Gasteiger charge is -2.10. The van der Waals surface area contributed by atoms with E-state index in [2.05, 4.69) is 11.4 Å². The van der Waals surface area contributed by atoms with E-state index in [9.17, 15) is 0 Å². The van der Waals surface area contributed by atoms with Crippen LogP contribution < -0.4 is 10.5 Å². The Hall–Kier alpha value is -1.32. The van der Waals surface area contributed by atoms with Gasteiger partial charge >= 0.3 is 0 Å². The first-order chi connectivity index (χ1) is 8.36. The van der Waals surface area contributed by atoms with Crippen LogP contribution in [0.2, 0.25) is 0 Å². The monoisotopic (exact) mass is 247 g/mol. The second-order valence-electron chi connectivity index (χ2n) is 3.93. The van der Waals surface area contributed by atoms with Crippen LogP contribution in [0.3, 0.4) is 0 Å². The van der Waals surface area contributed by atoms with E-state index in [-0.39, 0.29) is 6.04 Å². The van der Waals surface area contributed by atoms with Crippen molar-refractivity contribution in [1.82, 2.24) is 0 Å². The second-order valence-corrected chi connectivity index (χ2v) is 4.90. The molecule has 2 nitrogen and oxygen atoms in total. The zero-order valence-corrected chi connectivity index (χ0v) is 10.5. The Labute approximate surface area is 106 Å². The standard InChI is InChI=1S/C14H17NOS/c15-13(14-9-5-11-17-14)8-4-10-16-12-6-2-1-3-7-12/h1-3,5-7,9,11,13H,4,8,10,15H2. The maximum Gasteiger partial charge on any atom is 0.119 e. The molecule has 1 aromatic carbocycles. The molecule has 0 saturated carbocycles. The van der Waals surface area contributed by atoms with Crippen molar-refractivity contribution >= 4 is 11.3 Å². The van der Waals surface area contributed by atoms with E-state index in [1.165, 1.54) is 4.88 Å². The van der Waals surface area contributed by atoms with Gasteiger partial charge in [0.15, 0.2) is 0 Å². The summed E-state index contributed by atoms with van der Waals surface area (Å²) in [5.41, 5.74) is 6.07. The van der Waals surface area contributed by atoms with Gasteiger partial charge in [-0.15, -0.1) is 11.3 Å². The molecule has 1 aromatic heterocycles. The number of ether oxygens (including phenoxy) is 1. The van der Waals surface area contributed by atoms with Crippen LogP contribution in [0.5, 0.6) is 5.75 Å². The zero-order chi connectivity index (χ0) is 11.9. The van der Waals surface area contributed by atoms with Gasteiger partial charge in [0.1, 0.15) is 5.75 Å². The summed E-state index contributed by atoms with van der Waals surface area (Å²) < 4.78 is 5.62. The highest BCUT2D eigenvalue weighted by Crippen LogP contribution is 2.20. The third-order valence-corrected chi connectivity index (χ3v) is 3.58. The number of benzene rings is 1. The first kappa shape index (κ1) is 12.1. The molecule has 17 heavy (non-hydrogen) atoms. The minimum absolute atomic E-state index is 0.148. The first-order valence-corrected chi connectivity index (χ1v) is 6.71. The number of thiophene rings is 1. The summed E-state index contributed by atoms with van der Waals surface area (Å²) in [6.07, 6.45) is 1.95. The summed E-state index contributed by atoms with van der Waals surface area (Å²) in [6, 6.07) is 14.2. The van der Waals surface area contributed by atoms with Crippen LogP contribution in [0.1, 0.15) is 23.8 Å². The Morgan fingerprint density at radius 2 is 1.94 bits per heavy atom. The maximum absolute atomic E-state index is 6.07. The molecule has 0 bridgehead atoms. The molecule has 0 radical (unpaired) electrons. The molecule has 0 aliphatic rings. The van der Waals surface area contributed by atoms with Gasteiger partial charge in [0.05, 0.1) is 6.61 Å². The lowest BCUT2D eigenvalue weighted by molar-refractivity contribution is 0.302. The first-order valence-electron chi connectivity index (χ1n) is 5.83. The van der Waals surface area contributed by atoms with Crippen LogP contribution in [0, 0.1) is 0 Å². The fourth-order valence-electron chi connectivity index (χ4n) is 1.65. The number of nitrogens with two attached hydrogens (primary N) is 1. The van der Waals surface area contributed by atoms with Crippen LogP contribution in [0.25, 0.3) is 0 Å². The Balaban J connectivity index is 1.67. The molecule has 0 amide bonds. The summed E-state index contributed by atoms with van der Waals surface area (Å²) in [6.45, 7) is 0.725. The van der Waals surface area contributed by atoms with Crippen molar-refractivity contribution in [2.24, 2.45) is 5.73 Å². The molecule has 1 heterocycles. The summed E-state index contributed by atoms with van der Waals surface area (Å²) in [5, 5.41) is 2.07. The van der Waals surface area contributed by atoms with Crippen LogP contribution in [-0.4, -0.2) is 6.61 Å². The van der Waals surface area contributed by atoms with Gasteiger partial charge in [-0.3, -0.25) is 0 Å². The Bertz CT molecular complexity index is 413. The van der Waals surface area contributed by atoms with Crippen molar-refractivity contribution in [3.8, 4) is 5.75 Å². The number of hydrogen-bond acceptors (Lipinski definition) is 3. The molecule has 2 rings (SSSR count). The van der Waals surface area contributed by atoms with Crippen LogP contribution in [0.15, 0.2) is 47.8 Å². The van der Waals surface area contributed by atoms with Crippen LogP contribution in [0.4, 0.5) is 0 Å². The van der Waals surface area contributed by atoms with Crippen molar-refractivity contribution in [3.63, 3.8) is 0 Å². The predicted octanol–water partition coefficient (Wildman–Crippen LogP) is 3.61. The molecule has 90 valence electrons. The van der Waals surface area contributed by atoms with Crippen LogP contribution in [-0.2, 0) is 0 Å². The van der Waals surface area contributed by atoms with E-state index in [1.54, 1.807) is 11.3 Å². The quantitative estimate of drug-likeness (QED) is 0.791. The van der Waals surface area contributed by atoms with E-state index in [1.807, 2.05) is 36.4 Å². The van der Waals surface area contributed by atoms with Gasteiger partial charge in [-0.2, -0.15) is 0 Å². The fraction of sp³-hybridized carbons (Fsp3) is 0.286. The average Bonchev–Trinajstić information content (AvgIpc) is 2.89. The smallest absolute Gasteiger partial charge is 0.119 e. The molecular formula is C14H17NOS. The molecule has 2 aromatic rings. The highest BCUT2D eigenvalue weighted by Gasteiger charge is 2.06. The van der Waals surface area contributed by atoms with Crippen molar-refractivity contribution in [2.45, 2.75) is 18.9 Å². The maximum atomic E-state index is 6.07. The minimum atomic E-state index is 0.148. The van der Waals surface area contributed by atoms with Crippen molar-refractivity contribution < 1.29 is 4.74 Å². The number of rotatable bonds is 6. The molecule has 1 unspecified atom stereocenters. The van der Waals surface area contributed by atoms with Crippen molar-refractivity contribution in [3.05, 3.63) is 52.7 Å². The highest BCUT2D eigenvalue weighted by molar-refractivity contribution is 7.10. The predicted molar refractivity (Wildman–Crippen MR) is 72.4 cm³/mol. The highest BCUT2D eigenvalue weighted by atomic mass is 32.1. The largest absolute Gasteiger partial charge is 0.494 e. The van der Waals surface area contributed by atoms with E-state index in [0.717, 1.165) is 25.2 Å². The topological polar surface area (TPSA) is 35.2 Å². The molecule has 0 spiro atoms. The molecule has 0 aliphatic heterocycles. The molecule has 0 saturated heterocycles. The van der Waals surface area contributed by atoms with Gasteiger partial charge in [0, 0.05) is 10.9 Å². The zero-order valence-electron chi connectivity index (χ0n) is 9.71. The number of para-hydroxylation sites is 1. The van der Waals surface area contributed by atoms with Gasteiger partial charge < -0.3 is 10.5 Å². The van der Waals surface area contributed by atoms with Crippen LogP contribution >= 0.6 is 11.3 Å². The number of hydrogen-bond donors (Lipinski definition) is 1.